The van der Waals surface area contributed by atoms with E-state index in [1.807, 2.05) is 0 Å². The summed E-state index contributed by atoms with van der Waals surface area (Å²) in [4.78, 5) is 0. The fraction of sp³-hybridized carbons (Fsp3) is 0.667. The Morgan fingerprint density at radius 1 is 1.19 bits per heavy atom. The molecule has 0 saturated carbocycles. The highest BCUT2D eigenvalue weighted by atomic mass is 79.9. The standard InChI is InChI=1S/C18H27BrN2/c1-18(2,11-14-5-3-4-6-17(14)19)20-12-13-9-15-7-8-16(10-13)21-15/h3-6,13,15-16,20-21H,7-12H2,1-2H3. The third kappa shape index (κ3) is 4.08. The average Bonchev–Trinajstić information content (AvgIpc) is 2.78. The second-order valence-electron chi connectivity index (χ2n) is 7.51. The SMILES string of the molecule is CC(C)(Cc1ccccc1Br)NCC1CC2CCC(C1)N2. The monoisotopic (exact) mass is 350 g/mol. The van der Waals surface area contributed by atoms with Gasteiger partial charge in [0, 0.05) is 22.1 Å². The largest absolute Gasteiger partial charge is 0.311 e. The Morgan fingerprint density at radius 2 is 1.86 bits per heavy atom. The van der Waals surface area contributed by atoms with Crippen LogP contribution in [0.15, 0.2) is 28.7 Å². The first-order valence-corrected chi connectivity index (χ1v) is 9.06. The van der Waals surface area contributed by atoms with E-state index < -0.39 is 0 Å². The van der Waals surface area contributed by atoms with E-state index in [0.717, 1.165) is 31.0 Å². The lowest BCUT2D eigenvalue weighted by Crippen LogP contribution is -2.47. The van der Waals surface area contributed by atoms with Gasteiger partial charge in [0.25, 0.3) is 0 Å². The van der Waals surface area contributed by atoms with Gasteiger partial charge in [0.1, 0.15) is 0 Å². The fourth-order valence-corrected chi connectivity index (χ4v) is 4.37. The molecule has 0 spiro atoms. The summed E-state index contributed by atoms with van der Waals surface area (Å²) in [5.74, 6) is 0.849. The molecule has 0 aliphatic carbocycles. The number of nitrogens with one attached hydrogen (secondary N) is 2. The van der Waals surface area contributed by atoms with Crippen LogP contribution in [0, 0.1) is 5.92 Å². The molecule has 21 heavy (non-hydrogen) atoms. The van der Waals surface area contributed by atoms with E-state index >= 15 is 0 Å². The summed E-state index contributed by atoms with van der Waals surface area (Å²) in [5.41, 5.74) is 1.54. The maximum atomic E-state index is 3.82. The zero-order chi connectivity index (χ0) is 14.9. The summed E-state index contributed by atoms with van der Waals surface area (Å²) in [6, 6.07) is 10.2. The predicted molar refractivity (Wildman–Crippen MR) is 92.6 cm³/mol. The number of benzene rings is 1. The van der Waals surface area contributed by atoms with Gasteiger partial charge >= 0.3 is 0 Å². The molecule has 1 aromatic rings. The van der Waals surface area contributed by atoms with Crippen LogP contribution in [0.1, 0.15) is 45.1 Å². The van der Waals surface area contributed by atoms with Crippen molar-refractivity contribution in [2.24, 2.45) is 5.92 Å². The zero-order valence-corrected chi connectivity index (χ0v) is 14.7. The molecule has 0 radical (unpaired) electrons. The Labute approximate surface area is 137 Å². The van der Waals surface area contributed by atoms with Gasteiger partial charge < -0.3 is 10.6 Å². The van der Waals surface area contributed by atoms with E-state index in [1.54, 1.807) is 0 Å². The summed E-state index contributed by atoms with van der Waals surface area (Å²) >= 11 is 3.66. The topological polar surface area (TPSA) is 24.1 Å². The maximum absolute atomic E-state index is 3.82. The normalized spacial score (nSPS) is 28.8. The molecule has 2 saturated heterocycles. The van der Waals surface area contributed by atoms with Crippen LogP contribution in [-0.2, 0) is 6.42 Å². The molecule has 0 amide bonds. The van der Waals surface area contributed by atoms with Crippen molar-refractivity contribution in [3.05, 3.63) is 34.3 Å². The minimum absolute atomic E-state index is 0.147. The number of piperidine rings is 1. The molecule has 2 bridgehead atoms. The number of hydrogen-bond donors (Lipinski definition) is 2. The molecule has 2 atom stereocenters. The number of rotatable bonds is 5. The van der Waals surface area contributed by atoms with Crippen molar-refractivity contribution in [3.8, 4) is 0 Å². The highest BCUT2D eigenvalue weighted by Gasteiger charge is 2.33. The average molecular weight is 351 g/mol. The van der Waals surface area contributed by atoms with E-state index in [2.05, 4.69) is 64.7 Å². The van der Waals surface area contributed by atoms with Crippen LogP contribution in [0.2, 0.25) is 0 Å². The van der Waals surface area contributed by atoms with Gasteiger partial charge in [-0.25, -0.2) is 0 Å². The van der Waals surface area contributed by atoms with E-state index in [9.17, 15) is 0 Å². The van der Waals surface area contributed by atoms with Crippen molar-refractivity contribution in [1.29, 1.82) is 0 Å². The molecule has 2 N–H and O–H groups in total. The van der Waals surface area contributed by atoms with Crippen LogP contribution < -0.4 is 10.6 Å². The van der Waals surface area contributed by atoms with Crippen molar-refractivity contribution >= 4 is 15.9 Å². The number of hydrogen-bond acceptors (Lipinski definition) is 2. The highest BCUT2D eigenvalue weighted by Crippen LogP contribution is 2.31. The van der Waals surface area contributed by atoms with E-state index in [-0.39, 0.29) is 5.54 Å². The Bertz CT molecular complexity index is 474. The Morgan fingerprint density at radius 3 is 2.52 bits per heavy atom. The van der Waals surface area contributed by atoms with Gasteiger partial charge in [0.2, 0.25) is 0 Å². The minimum atomic E-state index is 0.147. The van der Waals surface area contributed by atoms with Crippen LogP contribution in [0.4, 0.5) is 0 Å². The molecule has 1 aromatic carbocycles. The van der Waals surface area contributed by atoms with Gasteiger partial charge in [-0.3, -0.25) is 0 Å². The predicted octanol–water partition coefficient (Wildman–Crippen LogP) is 3.89. The third-order valence-corrected chi connectivity index (χ3v) is 5.80. The van der Waals surface area contributed by atoms with E-state index in [4.69, 9.17) is 0 Å². The van der Waals surface area contributed by atoms with Crippen LogP contribution >= 0.6 is 15.9 Å². The van der Waals surface area contributed by atoms with Gasteiger partial charge in [-0.1, -0.05) is 34.1 Å². The molecule has 2 unspecified atom stereocenters. The second-order valence-corrected chi connectivity index (χ2v) is 8.36. The molecule has 116 valence electrons. The molecular formula is C18H27BrN2. The molecule has 2 heterocycles. The van der Waals surface area contributed by atoms with Crippen LogP contribution in [0.3, 0.4) is 0 Å². The molecule has 2 aliphatic rings. The molecule has 3 rings (SSSR count). The minimum Gasteiger partial charge on any atom is -0.311 e. The van der Waals surface area contributed by atoms with Crippen LogP contribution in [0.25, 0.3) is 0 Å². The summed E-state index contributed by atoms with van der Waals surface area (Å²) in [5, 5.41) is 7.56. The summed E-state index contributed by atoms with van der Waals surface area (Å²) in [6.45, 7) is 5.80. The first-order chi connectivity index (χ1) is 10.0. The molecule has 3 heteroatoms. The summed E-state index contributed by atoms with van der Waals surface area (Å²) in [6.07, 6.45) is 6.55. The molecule has 0 aromatic heterocycles. The zero-order valence-electron chi connectivity index (χ0n) is 13.2. The first-order valence-electron chi connectivity index (χ1n) is 8.26. The molecule has 2 nitrogen and oxygen atoms in total. The Hall–Kier alpha value is -0.380. The molecular weight excluding hydrogens is 324 g/mol. The van der Waals surface area contributed by atoms with Gasteiger partial charge in [-0.2, -0.15) is 0 Å². The highest BCUT2D eigenvalue weighted by molar-refractivity contribution is 9.10. The number of halogens is 1. The van der Waals surface area contributed by atoms with Crippen LogP contribution in [-0.4, -0.2) is 24.2 Å². The Balaban J connectivity index is 1.53. The number of fused-ring (bicyclic) bond motifs is 2. The third-order valence-electron chi connectivity index (χ3n) is 5.03. The summed E-state index contributed by atoms with van der Waals surface area (Å²) in [7, 11) is 0. The lowest BCUT2D eigenvalue weighted by atomic mass is 9.90. The second kappa shape index (κ2) is 6.39. The lowest BCUT2D eigenvalue weighted by molar-refractivity contribution is 0.261. The van der Waals surface area contributed by atoms with Gasteiger partial charge in [0.15, 0.2) is 0 Å². The lowest BCUT2D eigenvalue weighted by Gasteiger charge is -2.33. The van der Waals surface area contributed by atoms with Gasteiger partial charge in [-0.15, -0.1) is 0 Å². The van der Waals surface area contributed by atoms with Gasteiger partial charge in [0.05, 0.1) is 0 Å². The van der Waals surface area contributed by atoms with Crippen molar-refractivity contribution < 1.29 is 0 Å². The van der Waals surface area contributed by atoms with Crippen molar-refractivity contribution in [2.75, 3.05) is 6.54 Å². The Kier molecular flexibility index (Phi) is 4.72. The maximum Gasteiger partial charge on any atom is 0.0207 e. The molecule has 2 fully saturated rings. The van der Waals surface area contributed by atoms with Crippen molar-refractivity contribution in [1.82, 2.24) is 10.6 Å². The molecule has 2 aliphatic heterocycles. The van der Waals surface area contributed by atoms with Crippen molar-refractivity contribution in [2.45, 2.75) is 63.6 Å². The summed E-state index contributed by atoms with van der Waals surface area (Å²) < 4.78 is 1.22. The quantitative estimate of drug-likeness (QED) is 0.841. The van der Waals surface area contributed by atoms with E-state index in [0.29, 0.717) is 0 Å². The van der Waals surface area contributed by atoms with Gasteiger partial charge in [-0.05, 0) is 70.0 Å². The smallest absolute Gasteiger partial charge is 0.0207 e. The van der Waals surface area contributed by atoms with Crippen molar-refractivity contribution in [3.63, 3.8) is 0 Å². The van der Waals surface area contributed by atoms with Crippen LogP contribution in [0.5, 0.6) is 0 Å². The fourth-order valence-electron chi connectivity index (χ4n) is 3.94. The van der Waals surface area contributed by atoms with E-state index in [1.165, 1.54) is 35.7 Å². The first kappa shape index (κ1) is 15.5.